The van der Waals surface area contributed by atoms with E-state index in [0.29, 0.717) is 18.0 Å². The fraction of sp³-hybridized carbons (Fsp3) is 0.529. The predicted octanol–water partition coefficient (Wildman–Crippen LogP) is 1.91. The van der Waals surface area contributed by atoms with Crippen molar-refractivity contribution in [1.82, 2.24) is 10.6 Å². The first-order valence-corrected chi connectivity index (χ1v) is 7.84. The van der Waals surface area contributed by atoms with Crippen molar-refractivity contribution in [3.05, 3.63) is 18.2 Å². The van der Waals surface area contributed by atoms with Gasteiger partial charge >= 0.3 is 6.03 Å². The lowest BCUT2D eigenvalue weighted by molar-refractivity contribution is -0.117. The number of amides is 3. The van der Waals surface area contributed by atoms with E-state index in [-0.39, 0.29) is 29.9 Å². The maximum Gasteiger partial charge on any atom is 0.315 e. The van der Waals surface area contributed by atoms with E-state index in [4.69, 9.17) is 9.47 Å². The molecule has 1 aliphatic heterocycles. The molecule has 0 unspecified atom stereocenters. The summed E-state index contributed by atoms with van der Waals surface area (Å²) in [5, 5.41) is 5.68. The molecule has 1 saturated heterocycles. The van der Waals surface area contributed by atoms with E-state index in [2.05, 4.69) is 10.6 Å². The second-order valence-corrected chi connectivity index (χ2v) is 6.79. The third-order valence-corrected chi connectivity index (χ3v) is 3.63. The summed E-state index contributed by atoms with van der Waals surface area (Å²) in [7, 11) is 3.11. The predicted molar refractivity (Wildman–Crippen MR) is 91.7 cm³/mol. The maximum atomic E-state index is 12.3. The molecule has 24 heavy (non-hydrogen) atoms. The molecule has 7 heteroatoms. The van der Waals surface area contributed by atoms with E-state index < -0.39 is 0 Å². The molecule has 1 fully saturated rings. The van der Waals surface area contributed by atoms with E-state index in [1.165, 1.54) is 0 Å². The molecule has 2 rings (SSSR count). The molecule has 1 atom stereocenters. The molecule has 2 N–H and O–H groups in total. The Morgan fingerprint density at radius 2 is 1.88 bits per heavy atom. The fourth-order valence-electron chi connectivity index (χ4n) is 2.61. The van der Waals surface area contributed by atoms with Gasteiger partial charge in [-0.2, -0.15) is 0 Å². The van der Waals surface area contributed by atoms with Gasteiger partial charge < -0.3 is 25.0 Å². The van der Waals surface area contributed by atoms with Crippen LogP contribution in [-0.4, -0.2) is 44.3 Å². The minimum atomic E-state index is -0.324. The number of urea groups is 1. The second-order valence-electron chi connectivity index (χ2n) is 6.79. The summed E-state index contributed by atoms with van der Waals surface area (Å²) in [6, 6.07) is 4.82. The van der Waals surface area contributed by atoms with Crippen LogP contribution in [0.5, 0.6) is 11.5 Å². The normalized spacial score (nSPS) is 17.6. The number of nitrogens with zero attached hydrogens (tertiary/aromatic N) is 1. The highest BCUT2D eigenvalue weighted by molar-refractivity contribution is 5.97. The third kappa shape index (κ3) is 4.31. The first-order chi connectivity index (χ1) is 11.2. The largest absolute Gasteiger partial charge is 0.493 e. The summed E-state index contributed by atoms with van der Waals surface area (Å²) in [5.41, 5.74) is 0.397. The van der Waals surface area contributed by atoms with Gasteiger partial charge in [-0.1, -0.05) is 0 Å². The molecule has 1 aromatic carbocycles. The first kappa shape index (κ1) is 17.9. The van der Waals surface area contributed by atoms with Gasteiger partial charge in [-0.05, 0) is 32.9 Å². The molecule has 1 aliphatic rings. The van der Waals surface area contributed by atoms with E-state index in [0.717, 1.165) is 5.69 Å². The zero-order valence-electron chi connectivity index (χ0n) is 14.8. The van der Waals surface area contributed by atoms with E-state index in [1.54, 1.807) is 37.3 Å². The van der Waals surface area contributed by atoms with Crippen molar-refractivity contribution in [3.63, 3.8) is 0 Å². The topological polar surface area (TPSA) is 79.9 Å². The molecule has 1 aromatic rings. The molecule has 132 valence electrons. The standard InChI is InChI=1S/C17H25N3O4/c1-17(2,3)19-16(22)18-11-8-15(21)20(10-11)12-6-7-13(23-4)14(9-12)24-5/h6-7,9,11H,8,10H2,1-5H3,(H2,18,19,22)/t11-/m1/s1. The number of hydrogen-bond acceptors (Lipinski definition) is 4. The lowest BCUT2D eigenvalue weighted by Gasteiger charge is -2.23. The zero-order chi connectivity index (χ0) is 17.9. The molecule has 7 nitrogen and oxygen atoms in total. The Bertz CT molecular complexity index is 625. The molecule has 3 amide bonds. The Balaban J connectivity index is 2.06. The SMILES string of the molecule is COc1ccc(N2C[C@H](NC(=O)NC(C)(C)C)CC2=O)cc1OC. The summed E-state index contributed by atoms with van der Waals surface area (Å²) in [4.78, 5) is 25.9. The number of hydrogen-bond donors (Lipinski definition) is 2. The Morgan fingerprint density at radius 1 is 1.21 bits per heavy atom. The van der Waals surface area contributed by atoms with Crippen LogP contribution in [0.25, 0.3) is 0 Å². The summed E-state index contributed by atoms with van der Waals surface area (Å²) in [5.74, 6) is 1.13. The number of ether oxygens (including phenoxy) is 2. The fourth-order valence-corrected chi connectivity index (χ4v) is 2.61. The van der Waals surface area contributed by atoms with E-state index in [9.17, 15) is 9.59 Å². The van der Waals surface area contributed by atoms with Crippen LogP contribution in [-0.2, 0) is 4.79 Å². The minimum absolute atomic E-state index is 0.0386. The number of anilines is 1. The van der Waals surface area contributed by atoms with Crippen LogP contribution < -0.4 is 25.0 Å². The summed E-state index contributed by atoms with van der Waals surface area (Å²) < 4.78 is 10.5. The number of carbonyl (C=O) groups is 2. The number of rotatable bonds is 4. The number of nitrogens with one attached hydrogen (secondary N) is 2. The van der Waals surface area contributed by atoms with E-state index >= 15 is 0 Å². The van der Waals surface area contributed by atoms with Crippen molar-refractivity contribution in [2.45, 2.75) is 38.8 Å². The Hall–Kier alpha value is -2.44. The number of methoxy groups -OCH3 is 2. The molecular weight excluding hydrogens is 310 g/mol. The number of carbonyl (C=O) groups excluding carboxylic acids is 2. The van der Waals surface area contributed by atoms with Crippen LogP contribution in [0.4, 0.5) is 10.5 Å². The highest BCUT2D eigenvalue weighted by atomic mass is 16.5. The van der Waals surface area contributed by atoms with Crippen LogP contribution in [0.15, 0.2) is 18.2 Å². The van der Waals surface area contributed by atoms with Crippen LogP contribution in [0.1, 0.15) is 27.2 Å². The van der Waals surface area contributed by atoms with Gasteiger partial charge in [0.15, 0.2) is 11.5 Å². The average molecular weight is 335 g/mol. The van der Waals surface area contributed by atoms with E-state index in [1.807, 2.05) is 20.8 Å². The summed E-state index contributed by atoms with van der Waals surface area (Å²) >= 11 is 0. The van der Waals surface area contributed by atoms with Gasteiger partial charge in [-0.25, -0.2) is 4.79 Å². The van der Waals surface area contributed by atoms with Crippen LogP contribution in [0.2, 0.25) is 0 Å². The lowest BCUT2D eigenvalue weighted by Crippen LogP contribution is -2.50. The molecule has 0 aromatic heterocycles. The molecule has 0 saturated carbocycles. The Morgan fingerprint density at radius 3 is 2.46 bits per heavy atom. The number of benzene rings is 1. The van der Waals surface area contributed by atoms with Gasteiger partial charge in [0.1, 0.15) is 0 Å². The third-order valence-electron chi connectivity index (χ3n) is 3.63. The van der Waals surface area contributed by atoms with Gasteiger partial charge in [0, 0.05) is 30.3 Å². The molecule has 0 aliphatic carbocycles. The van der Waals surface area contributed by atoms with Gasteiger partial charge in [-0.3, -0.25) is 4.79 Å². The van der Waals surface area contributed by atoms with Crippen molar-refractivity contribution in [2.24, 2.45) is 0 Å². The van der Waals surface area contributed by atoms with Crippen molar-refractivity contribution in [1.29, 1.82) is 0 Å². The Labute approximate surface area is 142 Å². The smallest absolute Gasteiger partial charge is 0.315 e. The first-order valence-electron chi connectivity index (χ1n) is 7.84. The second kappa shape index (κ2) is 6.98. The van der Waals surface area contributed by atoms with Gasteiger partial charge in [0.05, 0.1) is 20.3 Å². The van der Waals surface area contributed by atoms with Crippen LogP contribution >= 0.6 is 0 Å². The maximum absolute atomic E-state index is 12.3. The monoisotopic (exact) mass is 335 g/mol. The highest BCUT2D eigenvalue weighted by Gasteiger charge is 2.32. The van der Waals surface area contributed by atoms with Crippen molar-refractivity contribution >= 4 is 17.6 Å². The summed E-state index contributed by atoms with van der Waals surface area (Å²) in [6.07, 6.45) is 0.270. The Kier molecular flexibility index (Phi) is 5.21. The molecule has 0 radical (unpaired) electrons. The molecule has 0 spiro atoms. The zero-order valence-corrected chi connectivity index (χ0v) is 14.8. The highest BCUT2D eigenvalue weighted by Crippen LogP contribution is 2.33. The quantitative estimate of drug-likeness (QED) is 0.881. The molecule has 1 heterocycles. The average Bonchev–Trinajstić information content (AvgIpc) is 2.84. The van der Waals surface area contributed by atoms with Crippen molar-refractivity contribution in [3.8, 4) is 11.5 Å². The summed E-state index contributed by atoms with van der Waals surface area (Å²) in [6.45, 7) is 6.14. The lowest BCUT2D eigenvalue weighted by atomic mass is 10.1. The van der Waals surface area contributed by atoms with Crippen LogP contribution in [0, 0.1) is 0 Å². The minimum Gasteiger partial charge on any atom is -0.493 e. The van der Waals surface area contributed by atoms with Crippen LogP contribution in [0.3, 0.4) is 0 Å². The van der Waals surface area contributed by atoms with Gasteiger partial charge in [0.2, 0.25) is 5.91 Å². The van der Waals surface area contributed by atoms with Crippen molar-refractivity contribution in [2.75, 3.05) is 25.7 Å². The van der Waals surface area contributed by atoms with Crippen molar-refractivity contribution < 1.29 is 19.1 Å². The van der Waals surface area contributed by atoms with Gasteiger partial charge in [-0.15, -0.1) is 0 Å². The molecule has 0 bridgehead atoms. The molecular formula is C17H25N3O4. The van der Waals surface area contributed by atoms with Gasteiger partial charge in [0.25, 0.3) is 0 Å².